The molecule has 1 aliphatic heterocycles. The van der Waals surface area contributed by atoms with E-state index in [9.17, 15) is 4.79 Å². The highest BCUT2D eigenvalue weighted by molar-refractivity contribution is 5.99. The van der Waals surface area contributed by atoms with Crippen molar-refractivity contribution in [2.24, 2.45) is 0 Å². The summed E-state index contributed by atoms with van der Waals surface area (Å²) in [4.78, 5) is 18.4. The summed E-state index contributed by atoms with van der Waals surface area (Å²) in [5.74, 6) is 0.622. The van der Waals surface area contributed by atoms with Gasteiger partial charge in [-0.15, -0.1) is 0 Å². The number of rotatable bonds is 2. The van der Waals surface area contributed by atoms with Gasteiger partial charge in [-0.1, -0.05) is 6.07 Å². The van der Waals surface area contributed by atoms with Crippen LogP contribution in [0.4, 0.5) is 5.82 Å². The van der Waals surface area contributed by atoms with Gasteiger partial charge in [-0.3, -0.25) is 0 Å². The lowest BCUT2D eigenvalue weighted by molar-refractivity contribution is 0.0601. The number of benzene rings is 1. The normalized spacial score (nSPS) is 15.3. The number of hydrogen-bond donors (Lipinski definition) is 1. The topological polar surface area (TPSA) is 54.5 Å². The predicted molar refractivity (Wildman–Crippen MR) is 78.2 cm³/mol. The number of carbonyl (C=O) groups excluding carboxylic acids is 1. The molecule has 1 aliphatic rings. The van der Waals surface area contributed by atoms with Gasteiger partial charge in [0.15, 0.2) is 0 Å². The van der Waals surface area contributed by atoms with Crippen molar-refractivity contribution in [1.29, 1.82) is 0 Å². The molecule has 1 saturated heterocycles. The van der Waals surface area contributed by atoms with Crippen LogP contribution in [0.2, 0.25) is 0 Å². The van der Waals surface area contributed by atoms with Crippen LogP contribution in [0.3, 0.4) is 0 Å². The number of aromatic nitrogens is 1. The van der Waals surface area contributed by atoms with Crippen LogP contribution >= 0.6 is 0 Å². The van der Waals surface area contributed by atoms with Crippen LogP contribution in [0.1, 0.15) is 10.4 Å². The molecule has 1 N–H and O–H groups in total. The zero-order valence-electron chi connectivity index (χ0n) is 11.4. The van der Waals surface area contributed by atoms with E-state index in [1.807, 2.05) is 24.4 Å². The number of hydrogen-bond acceptors (Lipinski definition) is 5. The molecule has 0 atom stereocenters. The summed E-state index contributed by atoms with van der Waals surface area (Å²) in [6.07, 6.45) is 1.82. The van der Waals surface area contributed by atoms with Crippen LogP contribution in [0.25, 0.3) is 10.8 Å². The molecule has 5 heteroatoms. The maximum atomic E-state index is 11.7. The quantitative estimate of drug-likeness (QED) is 0.837. The Morgan fingerprint density at radius 2 is 2.10 bits per heavy atom. The van der Waals surface area contributed by atoms with Crippen LogP contribution in [0, 0.1) is 0 Å². The SMILES string of the molecule is COC(=O)c1ccc2ccnc(N3CCNCC3)c2c1. The third kappa shape index (κ3) is 2.32. The van der Waals surface area contributed by atoms with Gasteiger partial charge in [-0.2, -0.15) is 0 Å². The van der Waals surface area contributed by atoms with E-state index < -0.39 is 0 Å². The molecule has 0 spiro atoms. The van der Waals surface area contributed by atoms with Crippen LogP contribution in [-0.2, 0) is 4.74 Å². The molecule has 20 heavy (non-hydrogen) atoms. The minimum absolute atomic E-state index is 0.318. The van der Waals surface area contributed by atoms with Crippen molar-refractivity contribution < 1.29 is 9.53 Å². The highest BCUT2D eigenvalue weighted by Crippen LogP contribution is 2.26. The van der Waals surface area contributed by atoms with Gasteiger partial charge >= 0.3 is 5.97 Å². The van der Waals surface area contributed by atoms with Crippen LogP contribution in [0.15, 0.2) is 30.5 Å². The van der Waals surface area contributed by atoms with Crippen LogP contribution in [0.5, 0.6) is 0 Å². The minimum Gasteiger partial charge on any atom is -0.465 e. The standard InChI is InChI=1S/C15H17N3O2/c1-20-15(19)12-3-2-11-4-5-17-14(13(11)10-12)18-8-6-16-7-9-18/h2-5,10,16H,6-9H2,1H3. The summed E-state index contributed by atoms with van der Waals surface area (Å²) in [6, 6.07) is 7.55. The average Bonchev–Trinajstić information content (AvgIpc) is 2.54. The smallest absolute Gasteiger partial charge is 0.337 e. The summed E-state index contributed by atoms with van der Waals surface area (Å²) in [7, 11) is 1.40. The zero-order chi connectivity index (χ0) is 13.9. The molecule has 1 fully saturated rings. The van der Waals surface area contributed by atoms with E-state index in [0.717, 1.165) is 42.8 Å². The maximum absolute atomic E-state index is 11.7. The molecule has 0 saturated carbocycles. The van der Waals surface area contributed by atoms with Crippen molar-refractivity contribution in [3.63, 3.8) is 0 Å². The molecule has 0 bridgehead atoms. The van der Waals surface area contributed by atoms with E-state index >= 15 is 0 Å². The predicted octanol–water partition coefficient (Wildman–Crippen LogP) is 1.43. The van der Waals surface area contributed by atoms with Crippen molar-refractivity contribution in [3.05, 3.63) is 36.0 Å². The highest BCUT2D eigenvalue weighted by Gasteiger charge is 2.15. The summed E-state index contributed by atoms with van der Waals surface area (Å²) >= 11 is 0. The molecule has 0 amide bonds. The molecule has 0 radical (unpaired) electrons. The molecular formula is C15H17N3O2. The summed E-state index contributed by atoms with van der Waals surface area (Å²) in [5, 5.41) is 5.41. The van der Waals surface area contributed by atoms with Gasteiger partial charge < -0.3 is 15.0 Å². The Hall–Kier alpha value is -2.14. The molecule has 2 aromatic rings. The monoisotopic (exact) mass is 271 g/mol. The fourth-order valence-corrected chi connectivity index (χ4v) is 2.53. The van der Waals surface area contributed by atoms with Crippen molar-refractivity contribution in [1.82, 2.24) is 10.3 Å². The number of pyridine rings is 1. The van der Waals surface area contributed by atoms with E-state index in [1.54, 1.807) is 6.07 Å². The Morgan fingerprint density at radius 1 is 1.30 bits per heavy atom. The van der Waals surface area contributed by atoms with Crippen LogP contribution in [-0.4, -0.2) is 44.2 Å². The van der Waals surface area contributed by atoms with Crippen molar-refractivity contribution in [2.75, 3.05) is 38.2 Å². The van der Waals surface area contributed by atoms with E-state index in [1.165, 1.54) is 7.11 Å². The Labute approximate surface area is 117 Å². The largest absolute Gasteiger partial charge is 0.465 e. The van der Waals surface area contributed by atoms with E-state index in [-0.39, 0.29) is 5.97 Å². The number of esters is 1. The lowest BCUT2D eigenvalue weighted by Crippen LogP contribution is -2.43. The minimum atomic E-state index is -0.318. The van der Waals surface area contributed by atoms with Gasteiger partial charge in [0.2, 0.25) is 0 Å². The second kappa shape index (κ2) is 5.46. The molecule has 3 rings (SSSR count). The van der Waals surface area contributed by atoms with Crippen molar-refractivity contribution >= 4 is 22.6 Å². The number of nitrogens with one attached hydrogen (secondary N) is 1. The number of anilines is 1. The number of ether oxygens (including phenoxy) is 1. The van der Waals surface area contributed by atoms with Gasteiger partial charge in [0.25, 0.3) is 0 Å². The van der Waals surface area contributed by atoms with E-state index in [0.29, 0.717) is 5.56 Å². The summed E-state index contributed by atoms with van der Waals surface area (Å²) < 4.78 is 4.79. The summed E-state index contributed by atoms with van der Waals surface area (Å²) in [6.45, 7) is 3.76. The first kappa shape index (κ1) is 12.9. The maximum Gasteiger partial charge on any atom is 0.337 e. The molecule has 5 nitrogen and oxygen atoms in total. The van der Waals surface area contributed by atoms with Crippen molar-refractivity contribution in [2.45, 2.75) is 0 Å². The molecule has 0 aliphatic carbocycles. The Kier molecular flexibility index (Phi) is 3.52. The van der Waals surface area contributed by atoms with Gasteiger partial charge in [0.05, 0.1) is 12.7 Å². The first-order chi connectivity index (χ1) is 9.79. The fourth-order valence-electron chi connectivity index (χ4n) is 2.53. The van der Waals surface area contributed by atoms with Crippen LogP contribution < -0.4 is 10.2 Å². The fraction of sp³-hybridized carbons (Fsp3) is 0.333. The van der Waals surface area contributed by atoms with Gasteiger partial charge in [0.1, 0.15) is 5.82 Å². The van der Waals surface area contributed by atoms with Gasteiger partial charge in [-0.25, -0.2) is 9.78 Å². The molecule has 1 aromatic carbocycles. The van der Waals surface area contributed by atoms with E-state index in [4.69, 9.17) is 4.74 Å². The van der Waals surface area contributed by atoms with Gasteiger partial charge in [0, 0.05) is 37.8 Å². The molecule has 1 aromatic heterocycles. The molecular weight excluding hydrogens is 254 g/mol. The Bertz CT molecular complexity index is 636. The lowest BCUT2D eigenvalue weighted by atomic mass is 10.1. The van der Waals surface area contributed by atoms with Crippen molar-refractivity contribution in [3.8, 4) is 0 Å². The highest BCUT2D eigenvalue weighted by atomic mass is 16.5. The third-order valence-electron chi connectivity index (χ3n) is 3.58. The average molecular weight is 271 g/mol. The third-order valence-corrected chi connectivity index (χ3v) is 3.58. The number of nitrogens with zero attached hydrogens (tertiary/aromatic N) is 2. The lowest BCUT2D eigenvalue weighted by Gasteiger charge is -2.29. The Balaban J connectivity index is 2.08. The number of piperazine rings is 1. The molecule has 2 heterocycles. The number of methoxy groups -OCH3 is 1. The van der Waals surface area contributed by atoms with Gasteiger partial charge in [-0.05, 0) is 23.6 Å². The summed E-state index contributed by atoms with van der Waals surface area (Å²) in [5.41, 5.74) is 0.560. The van der Waals surface area contributed by atoms with E-state index in [2.05, 4.69) is 15.2 Å². The first-order valence-electron chi connectivity index (χ1n) is 6.72. The first-order valence-corrected chi connectivity index (χ1v) is 6.72. The Morgan fingerprint density at radius 3 is 2.85 bits per heavy atom. The molecule has 104 valence electrons. The zero-order valence-corrected chi connectivity index (χ0v) is 11.4. The number of carbonyl (C=O) groups is 1. The number of fused-ring (bicyclic) bond motifs is 1. The second-order valence-corrected chi connectivity index (χ2v) is 4.80. The second-order valence-electron chi connectivity index (χ2n) is 4.80. The molecule has 0 unspecified atom stereocenters.